The van der Waals surface area contributed by atoms with Gasteiger partial charge in [0.15, 0.2) is 12.2 Å². The summed E-state index contributed by atoms with van der Waals surface area (Å²) in [7, 11) is 0. The van der Waals surface area contributed by atoms with Crippen molar-refractivity contribution in [2.75, 3.05) is 26.3 Å². The summed E-state index contributed by atoms with van der Waals surface area (Å²) in [5.74, 6) is -0.324. The Hall–Kier alpha value is -2.18. The molecule has 120 valence electrons. The van der Waals surface area contributed by atoms with Gasteiger partial charge in [-0.25, -0.2) is 4.98 Å². The highest BCUT2D eigenvalue weighted by Gasteiger charge is 2.41. The van der Waals surface area contributed by atoms with Gasteiger partial charge in [-0.3, -0.25) is 4.79 Å². The van der Waals surface area contributed by atoms with Crippen LogP contribution in [0.15, 0.2) is 41.1 Å². The summed E-state index contributed by atoms with van der Waals surface area (Å²) in [6.45, 7) is 2.45. The number of benzene rings is 1. The molecule has 23 heavy (non-hydrogen) atoms. The van der Waals surface area contributed by atoms with Gasteiger partial charge in [0.05, 0.1) is 13.2 Å². The monoisotopic (exact) mass is 314 g/mol. The average Bonchev–Trinajstić information content (AvgIpc) is 3.26. The second kappa shape index (κ2) is 5.79. The Bertz CT molecular complexity index is 682. The van der Waals surface area contributed by atoms with Gasteiger partial charge in [0, 0.05) is 31.5 Å². The fourth-order valence-corrected chi connectivity index (χ4v) is 3.18. The van der Waals surface area contributed by atoms with Crippen LogP contribution in [-0.2, 0) is 9.47 Å². The lowest BCUT2D eigenvalue weighted by Gasteiger charge is -2.37. The summed E-state index contributed by atoms with van der Waals surface area (Å²) in [5, 5.41) is 0. The zero-order chi connectivity index (χ0) is 15.7. The Labute approximate surface area is 134 Å². The Morgan fingerprint density at radius 3 is 2.48 bits per heavy atom. The highest BCUT2D eigenvalue weighted by molar-refractivity contribution is 5.97. The Morgan fingerprint density at radius 2 is 1.78 bits per heavy atom. The molecule has 0 atom stereocenters. The molecule has 2 aliphatic rings. The van der Waals surface area contributed by atoms with Crippen molar-refractivity contribution in [2.45, 2.75) is 18.6 Å². The zero-order valence-electron chi connectivity index (χ0n) is 12.7. The van der Waals surface area contributed by atoms with Crippen molar-refractivity contribution in [2.24, 2.45) is 0 Å². The lowest BCUT2D eigenvalue weighted by Crippen LogP contribution is -2.47. The van der Waals surface area contributed by atoms with E-state index >= 15 is 0 Å². The molecule has 0 radical (unpaired) electrons. The van der Waals surface area contributed by atoms with Gasteiger partial charge in [-0.2, -0.15) is 0 Å². The summed E-state index contributed by atoms with van der Waals surface area (Å²) >= 11 is 0. The number of oxazole rings is 1. The van der Waals surface area contributed by atoms with Crippen molar-refractivity contribution in [1.82, 2.24) is 9.88 Å². The molecule has 0 saturated carbocycles. The van der Waals surface area contributed by atoms with E-state index in [1.165, 1.54) is 6.39 Å². The van der Waals surface area contributed by atoms with E-state index in [4.69, 9.17) is 13.9 Å². The van der Waals surface area contributed by atoms with Gasteiger partial charge in [-0.1, -0.05) is 30.3 Å². The molecular formula is C17H18N2O4. The third kappa shape index (κ3) is 2.64. The van der Waals surface area contributed by atoms with Crippen LogP contribution in [0.4, 0.5) is 0 Å². The molecule has 6 nitrogen and oxygen atoms in total. The predicted octanol–water partition coefficient (Wildman–Crippen LogP) is 2.32. The van der Waals surface area contributed by atoms with E-state index in [0.717, 1.165) is 5.56 Å². The third-order valence-corrected chi connectivity index (χ3v) is 4.43. The molecular weight excluding hydrogens is 296 g/mol. The number of piperidine rings is 1. The number of amides is 1. The zero-order valence-corrected chi connectivity index (χ0v) is 12.7. The SMILES string of the molecule is O=C(c1ocnc1-c1ccccc1)N1CCC2(CC1)OCCO2. The fourth-order valence-electron chi connectivity index (χ4n) is 3.18. The summed E-state index contributed by atoms with van der Waals surface area (Å²) in [6.07, 6.45) is 2.70. The van der Waals surface area contributed by atoms with Crippen molar-refractivity contribution >= 4 is 5.91 Å². The van der Waals surface area contributed by atoms with Gasteiger partial charge in [0.1, 0.15) is 5.69 Å². The number of hydrogen-bond donors (Lipinski definition) is 0. The number of hydrogen-bond acceptors (Lipinski definition) is 5. The molecule has 3 heterocycles. The van der Waals surface area contributed by atoms with Crippen molar-refractivity contribution in [3.63, 3.8) is 0 Å². The van der Waals surface area contributed by atoms with Gasteiger partial charge in [-0.15, -0.1) is 0 Å². The van der Waals surface area contributed by atoms with Crippen molar-refractivity contribution in [3.8, 4) is 11.3 Å². The molecule has 2 fully saturated rings. The van der Waals surface area contributed by atoms with Crippen molar-refractivity contribution in [3.05, 3.63) is 42.5 Å². The average molecular weight is 314 g/mol. The molecule has 2 aliphatic heterocycles. The summed E-state index contributed by atoms with van der Waals surface area (Å²) < 4.78 is 16.8. The summed E-state index contributed by atoms with van der Waals surface area (Å²) in [6, 6.07) is 9.59. The largest absolute Gasteiger partial charge is 0.438 e. The number of carbonyl (C=O) groups excluding carboxylic acids is 1. The predicted molar refractivity (Wildman–Crippen MR) is 81.7 cm³/mol. The van der Waals surface area contributed by atoms with Gasteiger partial charge in [-0.05, 0) is 0 Å². The first-order valence-corrected chi connectivity index (χ1v) is 7.84. The van der Waals surface area contributed by atoms with E-state index in [1.807, 2.05) is 30.3 Å². The molecule has 2 saturated heterocycles. The Morgan fingerprint density at radius 1 is 1.09 bits per heavy atom. The van der Waals surface area contributed by atoms with Crippen LogP contribution in [0.2, 0.25) is 0 Å². The molecule has 1 aromatic heterocycles. The maximum Gasteiger partial charge on any atom is 0.291 e. The van der Waals surface area contributed by atoms with E-state index in [2.05, 4.69) is 4.98 Å². The lowest BCUT2D eigenvalue weighted by atomic mass is 10.0. The number of ether oxygens (including phenoxy) is 2. The van der Waals surface area contributed by atoms with Crippen LogP contribution >= 0.6 is 0 Å². The smallest absolute Gasteiger partial charge is 0.291 e. The number of nitrogens with zero attached hydrogens (tertiary/aromatic N) is 2. The molecule has 4 rings (SSSR count). The first-order valence-electron chi connectivity index (χ1n) is 7.84. The van der Waals surface area contributed by atoms with Crippen LogP contribution in [0.25, 0.3) is 11.3 Å². The highest BCUT2D eigenvalue weighted by Crippen LogP contribution is 2.32. The van der Waals surface area contributed by atoms with Crippen LogP contribution in [-0.4, -0.2) is 47.9 Å². The fraction of sp³-hybridized carbons (Fsp3) is 0.412. The second-order valence-electron chi connectivity index (χ2n) is 5.80. The normalized spacial score (nSPS) is 20.1. The van der Waals surface area contributed by atoms with E-state index < -0.39 is 5.79 Å². The second-order valence-corrected chi connectivity index (χ2v) is 5.80. The van der Waals surface area contributed by atoms with Gasteiger partial charge in [0.2, 0.25) is 5.76 Å². The summed E-state index contributed by atoms with van der Waals surface area (Å²) in [5.41, 5.74) is 1.46. The van der Waals surface area contributed by atoms with Crippen LogP contribution in [0.5, 0.6) is 0 Å². The molecule has 1 amide bonds. The number of aromatic nitrogens is 1. The molecule has 0 unspecified atom stereocenters. The van der Waals surface area contributed by atoms with E-state index in [-0.39, 0.29) is 5.91 Å². The minimum atomic E-state index is -0.486. The standard InChI is InChI=1S/C17H18N2O4/c20-16(19-8-6-17(7-9-19)22-10-11-23-17)15-14(18-12-21-15)13-4-2-1-3-5-13/h1-5,12H,6-11H2. The maximum atomic E-state index is 12.8. The third-order valence-electron chi connectivity index (χ3n) is 4.43. The van der Waals surface area contributed by atoms with E-state index in [9.17, 15) is 4.79 Å². The van der Waals surface area contributed by atoms with Gasteiger partial charge >= 0.3 is 0 Å². The molecule has 0 N–H and O–H groups in total. The lowest BCUT2D eigenvalue weighted by molar-refractivity contribution is -0.181. The molecule has 0 aliphatic carbocycles. The number of carbonyl (C=O) groups is 1. The molecule has 2 aromatic rings. The quantitative estimate of drug-likeness (QED) is 0.851. The molecule has 6 heteroatoms. The maximum absolute atomic E-state index is 12.8. The van der Waals surface area contributed by atoms with Crippen LogP contribution in [0, 0.1) is 0 Å². The molecule has 1 aromatic carbocycles. The first-order chi connectivity index (χ1) is 11.3. The van der Waals surface area contributed by atoms with E-state index in [0.29, 0.717) is 50.6 Å². The van der Waals surface area contributed by atoms with Crippen LogP contribution in [0.1, 0.15) is 23.4 Å². The topological polar surface area (TPSA) is 64.8 Å². The van der Waals surface area contributed by atoms with Crippen LogP contribution in [0.3, 0.4) is 0 Å². The van der Waals surface area contributed by atoms with E-state index in [1.54, 1.807) is 4.90 Å². The van der Waals surface area contributed by atoms with Crippen molar-refractivity contribution < 1.29 is 18.7 Å². The molecule has 0 bridgehead atoms. The molecule has 1 spiro atoms. The highest BCUT2D eigenvalue weighted by atomic mass is 16.7. The van der Waals surface area contributed by atoms with Crippen molar-refractivity contribution in [1.29, 1.82) is 0 Å². The number of rotatable bonds is 2. The first kappa shape index (κ1) is 14.4. The van der Waals surface area contributed by atoms with Crippen LogP contribution < -0.4 is 0 Å². The number of likely N-dealkylation sites (tertiary alicyclic amines) is 1. The van der Waals surface area contributed by atoms with Gasteiger partial charge < -0.3 is 18.8 Å². The van der Waals surface area contributed by atoms with Gasteiger partial charge in [0.25, 0.3) is 5.91 Å². The minimum Gasteiger partial charge on any atom is -0.438 e. The summed E-state index contributed by atoms with van der Waals surface area (Å²) in [4.78, 5) is 18.8. The Kier molecular flexibility index (Phi) is 3.63. The Balaban J connectivity index is 1.51. The minimum absolute atomic E-state index is 0.130.